The number of benzene rings is 1. The predicted molar refractivity (Wildman–Crippen MR) is 78.6 cm³/mol. The minimum atomic E-state index is -0.394. The molecule has 0 fully saturated rings. The summed E-state index contributed by atoms with van der Waals surface area (Å²) in [4.78, 5) is 20.4. The van der Waals surface area contributed by atoms with Gasteiger partial charge in [-0.3, -0.25) is 15.0 Å². The molecule has 0 spiro atoms. The average molecular weight is 276 g/mol. The van der Waals surface area contributed by atoms with Gasteiger partial charge < -0.3 is 4.98 Å². The molecule has 6 heteroatoms. The van der Waals surface area contributed by atoms with Gasteiger partial charge in [-0.1, -0.05) is 0 Å². The second-order valence-electron chi connectivity index (χ2n) is 5.50. The van der Waals surface area contributed by atoms with Crippen LogP contribution in [0.25, 0.3) is 11.0 Å². The molecule has 0 atom stereocenters. The molecule has 2 aromatic rings. The van der Waals surface area contributed by atoms with Crippen molar-refractivity contribution >= 4 is 16.7 Å². The number of H-pyrrole nitrogens is 1. The van der Waals surface area contributed by atoms with Crippen LogP contribution in [-0.2, 0) is 6.54 Å². The molecule has 0 aliphatic rings. The van der Waals surface area contributed by atoms with Crippen molar-refractivity contribution in [2.45, 2.75) is 46.3 Å². The van der Waals surface area contributed by atoms with Gasteiger partial charge in [0.05, 0.1) is 22.5 Å². The van der Waals surface area contributed by atoms with E-state index in [2.05, 4.69) is 42.6 Å². The molecule has 0 radical (unpaired) electrons. The van der Waals surface area contributed by atoms with Crippen molar-refractivity contribution in [1.82, 2.24) is 14.9 Å². The number of non-ortho nitro benzene ring substituents is 1. The first kappa shape index (κ1) is 14.5. The molecule has 0 aliphatic heterocycles. The van der Waals surface area contributed by atoms with Crippen LogP contribution >= 0.6 is 0 Å². The van der Waals surface area contributed by atoms with E-state index in [0.29, 0.717) is 24.1 Å². The van der Waals surface area contributed by atoms with Gasteiger partial charge in [-0.25, -0.2) is 4.98 Å². The lowest BCUT2D eigenvalue weighted by Crippen LogP contribution is -2.36. The van der Waals surface area contributed by atoms with Crippen LogP contribution in [0.3, 0.4) is 0 Å². The Morgan fingerprint density at radius 3 is 2.50 bits per heavy atom. The number of aromatic amines is 1. The Morgan fingerprint density at radius 2 is 1.95 bits per heavy atom. The molecule has 2 rings (SSSR count). The first-order valence-electron chi connectivity index (χ1n) is 6.77. The van der Waals surface area contributed by atoms with Crippen LogP contribution in [0.2, 0.25) is 0 Å². The van der Waals surface area contributed by atoms with Gasteiger partial charge >= 0.3 is 0 Å². The maximum Gasteiger partial charge on any atom is 0.271 e. The molecule has 108 valence electrons. The zero-order valence-corrected chi connectivity index (χ0v) is 12.3. The lowest BCUT2D eigenvalue weighted by Gasteiger charge is -2.29. The fourth-order valence-electron chi connectivity index (χ4n) is 2.37. The van der Waals surface area contributed by atoms with E-state index in [-0.39, 0.29) is 5.69 Å². The smallest absolute Gasteiger partial charge is 0.271 e. The fourth-order valence-corrected chi connectivity index (χ4v) is 2.37. The first-order chi connectivity index (χ1) is 9.38. The van der Waals surface area contributed by atoms with Crippen LogP contribution in [0.15, 0.2) is 18.2 Å². The molecular formula is C14H20N4O2. The average Bonchev–Trinajstić information content (AvgIpc) is 2.76. The van der Waals surface area contributed by atoms with Gasteiger partial charge in [-0.05, 0) is 33.8 Å². The third-order valence-electron chi connectivity index (χ3n) is 3.38. The monoisotopic (exact) mass is 276 g/mol. The molecule has 6 nitrogen and oxygen atoms in total. The van der Waals surface area contributed by atoms with Crippen molar-refractivity contribution in [3.05, 3.63) is 34.1 Å². The minimum Gasteiger partial charge on any atom is -0.341 e. The number of fused-ring (bicyclic) bond motifs is 1. The molecule has 0 amide bonds. The van der Waals surface area contributed by atoms with Gasteiger partial charge in [0.1, 0.15) is 5.82 Å². The van der Waals surface area contributed by atoms with Crippen LogP contribution in [0.5, 0.6) is 0 Å². The van der Waals surface area contributed by atoms with Crippen LogP contribution in [0.4, 0.5) is 5.69 Å². The third-order valence-corrected chi connectivity index (χ3v) is 3.38. The summed E-state index contributed by atoms with van der Waals surface area (Å²) < 4.78 is 0. The van der Waals surface area contributed by atoms with E-state index < -0.39 is 4.92 Å². The normalized spacial score (nSPS) is 11.9. The van der Waals surface area contributed by atoms with Gasteiger partial charge in [0, 0.05) is 24.2 Å². The second-order valence-corrected chi connectivity index (χ2v) is 5.50. The number of rotatable bonds is 5. The maximum absolute atomic E-state index is 10.8. The van der Waals surface area contributed by atoms with Crippen molar-refractivity contribution < 1.29 is 4.92 Å². The van der Waals surface area contributed by atoms with Crippen molar-refractivity contribution in [2.75, 3.05) is 0 Å². The summed E-state index contributed by atoms with van der Waals surface area (Å²) >= 11 is 0. The highest BCUT2D eigenvalue weighted by Crippen LogP contribution is 2.20. The third kappa shape index (κ3) is 2.96. The highest BCUT2D eigenvalue weighted by atomic mass is 16.6. The Bertz CT molecular complexity index is 611. The molecule has 1 aromatic carbocycles. The minimum absolute atomic E-state index is 0.0808. The maximum atomic E-state index is 10.8. The van der Waals surface area contributed by atoms with Crippen molar-refractivity contribution in [3.8, 4) is 0 Å². The number of nitro benzene ring substituents is 1. The van der Waals surface area contributed by atoms with Gasteiger partial charge in [-0.2, -0.15) is 0 Å². The molecule has 1 heterocycles. The highest BCUT2D eigenvalue weighted by molar-refractivity contribution is 5.77. The summed E-state index contributed by atoms with van der Waals surface area (Å²) in [6.45, 7) is 9.29. The standard InChI is InChI=1S/C14H20N4O2/c1-9(2)17(10(3)4)8-14-15-12-6-5-11(18(19)20)7-13(12)16-14/h5-7,9-10H,8H2,1-4H3,(H,15,16). The van der Waals surface area contributed by atoms with E-state index in [4.69, 9.17) is 0 Å². The molecule has 0 aliphatic carbocycles. The van der Waals surface area contributed by atoms with E-state index in [9.17, 15) is 10.1 Å². The molecule has 20 heavy (non-hydrogen) atoms. The largest absolute Gasteiger partial charge is 0.341 e. The van der Waals surface area contributed by atoms with E-state index in [1.165, 1.54) is 12.1 Å². The summed E-state index contributed by atoms with van der Waals surface area (Å²) in [5.41, 5.74) is 1.55. The van der Waals surface area contributed by atoms with Crippen molar-refractivity contribution in [2.24, 2.45) is 0 Å². The van der Waals surface area contributed by atoms with Crippen LogP contribution in [0.1, 0.15) is 33.5 Å². The molecular weight excluding hydrogens is 256 g/mol. The summed E-state index contributed by atoms with van der Waals surface area (Å²) in [6.07, 6.45) is 0. The predicted octanol–water partition coefficient (Wildman–Crippen LogP) is 3.09. The summed E-state index contributed by atoms with van der Waals surface area (Å²) in [5.74, 6) is 0.836. The van der Waals surface area contributed by atoms with Crippen molar-refractivity contribution in [3.63, 3.8) is 0 Å². The molecule has 0 bridgehead atoms. The van der Waals surface area contributed by atoms with Crippen molar-refractivity contribution in [1.29, 1.82) is 0 Å². The number of nitrogens with zero attached hydrogens (tertiary/aromatic N) is 3. The molecule has 1 N–H and O–H groups in total. The van der Waals surface area contributed by atoms with Gasteiger partial charge in [0.2, 0.25) is 0 Å². The Hall–Kier alpha value is -1.95. The lowest BCUT2D eigenvalue weighted by atomic mass is 10.2. The van der Waals surface area contributed by atoms with Crippen LogP contribution < -0.4 is 0 Å². The number of nitrogens with one attached hydrogen (secondary N) is 1. The zero-order chi connectivity index (χ0) is 14.9. The fraction of sp³-hybridized carbons (Fsp3) is 0.500. The lowest BCUT2D eigenvalue weighted by molar-refractivity contribution is -0.384. The number of aromatic nitrogens is 2. The summed E-state index contributed by atoms with van der Waals surface area (Å²) in [6, 6.07) is 5.52. The first-order valence-corrected chi connectivity index (χ1v) is 6.77. The quantitative estimate of drug-likeness (QED) is 0.672. The number of hydrogen-bond donors (Lipinski definition) is 1. The van der Waals surface area contributed by atoms with E-state index in [1.54, 1.807) is 6.07 Å². The molecule has 0 unspecified atom stereocenters. The van der Waals surface area contributed by atoms with E-state index in [1.807, 2.05) is 0 Å². The number of nitro groups is 1. The molecule has 0 saturated heterocycles. The summed E-state index contributed by atoms with van der Waals surface area (Å²) in [5, 5.41) is 10.8. The van der Waals surface area contributed by atoms with E-state index in [0.717, 1.165) is 11.3 Å². The molecule has 1 aromatic heterocycles. The zero-order valence-electron chi connectivity index (χ0n) is 12.3. The topological polar surface area (TPSA) is 75.1 Å². The van der Waals surface area contributed by atoms with Gasteiger partial charge in [-0.15, -0.1) is 0 Å². The Kier molecular flexibility index (Phi) is 4.04. The Labute approximate surface area is 118 Å². The Balaban J connectivity index is 2.29. The summed E-state index contributed by atoms with van der Waals surface area (Å²) in [7, 11) is 0. The second kappa shape index (κ2) is 5.58. The SMILES string of the molecule is CC(C)N(Cc1nc2ccc([N+](=O)[O-])cc2[nH]1)C(C)C. The van der Waals surface area contributed by atoms with Crippen LogP contribution in [0, 0.1) is 10.1 Å². The number of hydrogen-bond acceptors (Lipinski definition) is 4. The van der Waals surface area contributed by atoms with Gasteiger partial charge in [0.15, 0.2) is 0 Å². The van der Waals surface area contributed by atoms with Gasteiger partial charge in [0.25, 0.3) is 5.69 Å². The Morgan fingerprint density at radius 1 is 1.30 bits per heavy atom. The van der Waals surface area contributed by atoms with E-state index >= 15 is 0 Å². The highest BCUT2D eigenvalue weighted by Gasteiger charge is 2.16. The van der Waals surface area contributed by atoms with Crippen LogP contribution in [-0.4, -0.2) is 31.9 Å². The molecule has 0 saturated carbocycles. The number of imidazole rings is 1.